The van der Waals surface area contributed by atoms with Gasteiger partial charge in [-0.1, -0.05) is 0 Å². The van der Waals surface area contributed by atoms with Crippen LogP contribution in [0.5, 0.6) is 0 Å². The topological polar surface area (TPSA) is 113 Å². The van der Waals surface area contributed by atoms with Gasteiger partial charge in [0.15, 0.2) is 6.29 Å². The number of pyridine rings is 2. The maximum Gasteiger partial charge on any atom is 0.257 e. The van der Waals surface area contributed by atoms with E-state index in [1.54, 1.807) is 30.6 Å². The van der Waals surface area contributed by atoms with Crippen LogP contribution in [0.2, 0.25) is 0 Å². The third kappa shape index (κ3) is 4.80. The second kappa shape index (κ2) is 9.43. The zero-order valence-electron chi connectivity index (χ0n) is 15.3. The Morgan fingerprint density at radius 1 is 1.14 bits per heavy atom. The van der Waals surface area contributed by atoms with Crippen molar-refractivity contribution in [2.75, 3.05) is 31.1 Å². The largest absolute Gasteiger partial charge is 0.404 e. The van der Waals surface area contributed by atoms with Crippen LogP contribution in [0.3, 0.4) is 0 Å². The van der Waals surface area contributed by atoms with Crippen LogP contribution in [0.25, 0.3) is 5.57 Å². The summed E-state index contributed by atoms with van der Waals surface area (Å²) in [5.74, 6) is 0.416. The third-order valence-electron chi connectivity index (χ3n) is 4.34. The summed E-state index contributed by atoms with van der Waals surface area (Å²) in [5, 5.41) is 5.88. The number of piperazine rings is 1. The Kier molecular flexibility index (Phi) is 6.48. The fraction of sp³-hybridized carbons (Fsp3) is 0.200. The SMILES string of the molecule is N/C=C(\C=C(/C=O)NC(=O)c1ccc(N2CCNCC2)nc1)c1ccncc1. The molecule has 8 nitrogen and oxygen atoms in total. The summed E-state index contributed by atoms with van der Waals surface area (Å²) in [5.41, 5.74) is 7.51. The van der Waals surface area contributed by atoms with Crippen LogP contribution in [0, 0.1) is 0 Å². The molecule has 0 radical (unpaired) electrons. The predicted molar refractivity (Wildman–Crippen MR) is 107 cm³/mol. The molecule has 28 heavy (non-hydrogen) atoms. The summed E-state index contributed by atoms with van der Waals surface area (Å²) in [6.07, 6.45) is 8.22. The van der Waals surface area contributed by atoms with Gasteiger partial charge in [0, 0.05) is 51.0 Å². The number of nitrogens with zero attached hydrogens (tertiary/aromatic N) is 3. The van der Waals surface area contributed by atoms with E-state index in [1.165, 1.54) is 18.5 Å². The first-order valence-electron chi connectivity index (χ1n) is 8.93. The molecule has 0 atom stereocenters. The molecule has 2 aromatic heterocycles. The van der Waals surface area contributed by atoms with Crippen molar-refractivity contribution >= 4 is 23.6 Å². The van der Waals surface area contributed by atoms with E-state index in [1.807, 2.05) is 6.07 Å². The number of amides is 1. The van der Waals surface area contributed by atoms with E-state index in [9.17, 15) is 9.59 Å². The lowest BCUT2D eigenvalue weighted by Gasteiger charge is -2.28. The minimum atomic E-state index is -0.413. The van der Waals surface area contributed by atoms with Gasteiger partial charge in [-0.15, -0.1) is 0 Å². The minimum absolute atomic E-state index is 0.102. The Labute approximate surface area is 163 Å². The third-order valence-corrected chi connectivity index (χ3v) is 4.34. The highest BCUT2D eigenvalue weighted by Gasteiger charge is 2.13. The standard InChI is InChI=1S/C20H22N6O2/c21-12-17(15-3-5-22-6-4-15)11-18(14-27)25-20(28)16-1-2-19(24-13-16)26-9-7-23-8-10-26/h1-6,11-14,23H,7-10,21H2,(H,25,28)/b17-12+,18-11+. The molecule has 1 aliphatic heterocycles. The summed E-state index contributed by atoms with van der Waals surface area (Å²) in [6.45, 7) is 3.57. The van der Waals surface area contributed by atoms with Crippen molar-refractivity contribution in [3.05, 3.63) is 72.0 Å². The number of hydrogen-bond acceptors (Lipinski definition) is 7. The van der Waals surface area contributed by atoms with Gasteiger partial charge in [-0.25, -0.2) is 4.98 Å². The Morgan fingerprint density at radius 2 is 1.89 bits per heavy atom. The average molecular weight is 378 g/mol. The Balaban J connectivity index is 1.70. The number of nitrogens with one attached hydrogen (secondary N) is 2. The zero-order chi connectivity index (χ0) is 19.8. The van der Waals surface area contributed by atoms with E-state index >= 15 is 0 Å². The molecule has 2 aromatic rings. The molecular formula is C20H22N6O2. The van der Waals surface area contributed by atoms with Crippen LogP contribution in [0.4, 0.5) is 5.82 Å². The van der Waals surface area contributed by atoms with Gasteiger partial charge in [0.05, 0.1) is 11.3 Å². The molecule has 3 heterocycles. The van der Waals surface area contributed by atoms with E-state index in [0.717, 1.165) is 37.6 Å². The van der Waals surface area contributed by atoms with Gasteiger partial charge >= 0.3 is 0 Å². The zero-order valence-corrected chi connectivity index (χ0v) is 15.3. The minimum Gasteiger partial charge on any atom is -0.404 e. The van der Waals surface area contributed by atoms with Crippen molar-refractivity contribution in [2.45, 2.75) is 0 Å². The summed E-state index contributed by atoms with van der Waals surface area (Å²) < 4.78 is 0. The highest BCUT2D eigenvalue weighted by atomic mass is 16.2. The second-order valence-corrected chi connectivity index (χ2v) is 6.17. The lowest BCUT2D eigenvalue weighted by molar-refractivity contribution is -0.105. The van der Waals surface area contributed by atoms with Gasteiger partial charge in [0.1, 0.15) is 5.82 Å². The summed E-state index contributed by atoms with van der Waals surface area (Å²) in [7, 11) is 0. The van der Waals surface area contributed by atoms with E-state index < -0.39 is 5.91 Å². The molecule has 0 spiro atoms. The number of carbonyl (C=O) groups is 2. The molecule has 144 valence electrons. The predicted octanol–water partition coefficient (Wildman–Crippen LogP) is 0.699. The fourth-order valence-corrected chi connectivity index (χ4v) is 2.84. The monoisotopic (exact) mass is 378 g/mol. The average Bonchev–Trinajstić information content (AvgIpc) is 2.77. The molecule has 3 rings (SSSR count). The first-order valence-corrected chi connectivity index (χ1v) is 8.93. The Hall–Kier alpha value is -3.52. The molecule has 1 saturated heterocycles. The number of allylic oxidation sites excluding steroid dienone is 3. The molecule has 0 bridgehead atoms. The molecule has 1 aliphatic rings. The first kappa shape index (κ1) is 19.2. The summed E-state index contributed by atoms with van der Waals surface area (Å²) in [6, 6.07) is 7.04. The quantitative estimate of drug-likeness (QED) is 0.385. The maximum absolute atomic E-state index is 12.5. The second-order valence-electron chi connectivity index (χ2n) is 6.17. The van der Waals surface area contributed by atoms with Gasteiger partial charge in [0.25, 0.3) is 5.91 Å². The Bertz CT molecular complexity index is 871. The number of anilines is 1. The highest BCUT2D eigenvalue weighted by Crippen LogP contribution is 2.15. The van der Waals surface area contributed by atoms with Crippen LogP contribution in [0.15, 0.2) is 60.8 Å². The smallest absolute Gasteiger partial charge is 0.257 e. The van der Waals surface area contributed by atoms with Crippen LogP contribution >= 0.6 is 0 Å². The van der Waals surface area contributed by atoms with Crippen molar-refractivity contribution in [2.24, 2.45) is 5.73 Å². The normalized spacial score (nSPS) is 15.2. The molecule has 1 amide bonds. The molecule has 0 aliphatic carbocycles. The van der Waals surface area contributed by atoms with Crippen LogP contribution in [-0.4, -0.2) is 48.3 Å². The van der Waals surface area contributed by atoms with Gasteiger partial charge in [-0.3, -0.25) is 14.6 Å². The van der Waals surface area contributed by atoms with Crippen LogP contribution in [0.1, 0.15) is 15.9 Å². The fourth-order valence-electron chi connectivity index (χ4n) is 2.84. The molecule has 0 aromatic carbocycles. The van der Waals surface area contributed by atoms with Gasteiger partial charge in [-0.05, 0) is 41.5 Å². The number of aldehydes is 1. The Morgan fingerprint density at radius 3 is 2.50 bits per heavy atom. The van der Waals surface area contributed by atoms with Gasteiger partial charge < -0.3 is 21.3 Å². The lowest BCUT2D eigenvalue weighted by atomic mass is 10.1. The van der Waals surface area contributed by atoms with Crippen molar-refractivity contribution in [1.29, 1.82) is 0 Å². The molecule has 4 N–H and O–H groups in total. The van der Waals surface area contributed by atoms with Crippen molar-refractivity contribution in [3.63, 3.8) is 0 Å². The highest BCUT2D eigenvalue weighted by molar-refractivity contribution is 5.99. The number of nitrogens with two attached hydrogens (primary N) is 1. The lowest BCUT2D eigenvalue weighted by Crippen LogP contribution is -2.43. The summed E-state index contributed by atoms with van der Waals surface area (Å²) >= 11 is 0. The van der Waals surface area contributed by atoms with E-state index in [2.05, 4.69) is 25.5 Å². The number of carbonyl (C=O) groups excluding carboxylic acids is 2. The molecule has 1 fully saturated rings. The maximum atomic E-state index is 12.5. The summed E-state index contributed by atoms with van der Waals surface area (Å²) in [4.78, 5) is 34.4. The molecule has 0 saturated carbocycles. The van der Waals surface area contributed by atoms with Gasteiger partial charge in [0.2, 0.25) is 0 Å². The first-order chi connectivity index (χ1) is 13.7. The molecule has 8 heteroatoms. The van der Waals surface area contributed by atoms with Crippen molar-refractivity contribution in [3.8, 4) is 0 Å². The van der Waals surface area contributed by atoms with Crippen molar-refractivity contribution in [1.82, 2.24) is 20.6 Å². The molecule has 0 unspecified atom stereocenters. The molecular weight excluding hydrogens is 356 g/mol. The van der Waals surface area contributed by atoms with E-state index in [0.29, 0.717) is 17.4 Å². The van der Waals surface area contributed by atoms with Crippen LogP contribution < -0.4 is 21.3 Å². The van der Waals surface area contributed by atoms with Gasteiger partial charge in [-0.2, -0.15) is 0 Å². The number of aromatic nitrogens is 2. The number of hydrogen-bond donors (Lipinski definition) is 3. The van der Waals surface area contributed by atoms with E-state index in [-0.39, 0.29) is 5.70 Å². The van der Waals surface area contributed by atoms with E-state index in [4.69, 9.17) is 5.73 Å². The van der Waals surface area contributed by atoms with Crippen LogP contribution in [-0.2, 0) is 4.79 Å². The number of rotatable bonds is 6. The van der Waals surface area contributed by atoms with Crippen molar-refractivity contribution < 1.29 is 9.59 Å².